The molecule has 2 rings (SSSR count). The highest BCUT2D eigenvalue weighted by molar-refractivity contribution is 9.10. The largest absolute Gasteiger partial charge is 0.345 e. The molecule has 23 heavy (non-hydrogen) atoms. The van der Waals surface area contributed by atoms with E-state index in [0.29, 0.717) is 16.4 Å². The van der Waals surface area contributed by atoms with E-state index in [1.807, 2.05) is 38.1 Å². The molecule has 1 aromatic heterocycles. The zero-order chi connectivity index (χ0) is 17.0. The van der Waals surface area contributed by atoms with Gasteiger partial charge in [-0.1, -0.05) is 59.1 Å². The highest BCUT2D eigenvalue weighted by atomic mass is 79.9. The van der Waals surface area contributed by atoms with Crippen molar-refractivity contribution in [2.45, 2.75) is 46.2 Å². The van der Waals surface area contributed by atoms with Gasteiger partial charge < -0.3 is 5.32 Å². The molecule has 0 aliphatic heterocycles. The molecule has 4 nitrogen and oxygen atoms in total. The molecule has 1 amide bonds. The Morgan fingerprint density at radius 2 is 2.13 bits per heavy atom. The monoisotopic (exact) mass is 397 g/mol. The molecule has 2 aromatic rings. The summed E-state index contributed by atoms with van der Waals surface area (Å²) in [6, 6.07) is 7.70. The average molecular weight is 399 g/mol. The van der Waals surface area contributed by atoms with E-state index in [4.69, 9.17) is 11.6 Å². The van der Waals surface area contributed by atoms with Crippen LogP contribution in [0.15, 0.2) is 28.7 Å². The third kappa shape index (κ3) is 4.15. The van der Waals surface area contributed by atoms with Crippen LogP contribution in [0, 0.1) is 6.92 Å². The van der Waals surface area contributed by atoms with Gasteiger partial charge in [0.15, 0.2) is 0 Å². The molecule has 0 aliphatic carbocycles. The van der Waals surface area contributed by atoms with E-state index >= 15 is 0 Å². The summed E-state index contributed by atoms with van der Waals surface area (Å²) in [5.74, 6) is -0.196. The molecule has 0 radical (unpaired) electrons. The third-order valence-corrected chi connectivity index (χ3v) is 4.84. The van der Waals surface area contributed by atoms with Crippen LogP contribution in [-0.4, -0.2) is 15.7 Å². The van der Waals surface area contributed by atoms with Crippen LogP contribution < -0.4 is 5.32 Å². The molecule has 1 aromatic carbocycles. The quantitative estimate of drug-likeness (QED) is 0.752. The van der Waals surface area contributed by atoms with Gasteiger partial charge in [0.2, 0.25) is 0 Å². The summed E-state index contributed by atoms with van der Waals surface area (Å²) < 4.78 is 2.67. The predicted octanol–water partition coefficient (Wildman–Crippen LogP) is 4.90. The lowest BCUT2D eigenvalue weighted by atomic mass is 10.1. The number of hydrogen-bond acceptors (Lipinski definition) is 2. The molecule has 124 valence electrons. The number of nitrogens with zero attached hydrogens (tertiary/aromatic N) is 2. The minimum Gasteiger partial charge on any atom is -0.345 e. The van der Waals surface area contributed by atoms with Crippen LogP contribution in [0.5, 0.6) is 0 Å². The normalized spacial score (nSPS) is 12.2. The van der Waals surface area contributed by atoms with Crippen LogP contribution in [0.2, 0.25) is 5.15 Å². The molecule has 0 spiro atoms. The van der Waals surface area contributed by atoms with Crippen molar-refractivity contribution in [3.05, 3.63) is 50.7 Å². The van der Waals surface area contributed by atoms with Crippen molar-refractivity contribution < 1.29 is 4.79 Å². The van der Waals surface area contributed by atoms with Gasteiger partial charge in [0, 0.05) is 11.0 Å². The van der Waals surface area contributed by atoms with E-state index in [0.717, 1.165) is 29.4 Å². The van der Waals surface area contributed by atoms with E-state index in [1.165, 1.54) is 0 Å². The number of hydrogen-bond donors (Lipinski definition) is 1. The summed E-state index contributed by atoms with van der Waals surface area (Å²) in [7, 11) is 0. The molecular weight excluding hydrogens is 378 g/mol. The first-order valence-electron chi connectivity index (χ1n) is 7.73. The fourth-order valence-electron chi connectivity index (χ4n) is 2.44. The van der Waals surface area contributed by atoms with E-state index < -0.39 is 0 Å². The van der Waals surface area contributed by atoms with Crippen molar-refractivity contribution in [1.29, 1.82) is 0 Å². The molecule has 0 bridgehead atoms. The van der Waals surface area contributed by atoms with Gasteiger partial charge in [-0.2, -0.15) is 5.10 Å². The van der Waals surface area contributed by atoms with Gasteiger partial charge in [-0.3, -0.25) is 9.48 Å². The number of rotatable bonds is 6. The Morgan fingerprint density at radius 1 is 1.43 bits per heavy atom. The van der Waals surface area contributed by atoms with Crippen LogP contribution in [0.4, 0.5) is 0 Å². The van der Waals surface area contributed by atoms with Crippen molar-refractivity contribution in [2.75, 3.05) is 0 Å². The highest BCUT2D eigenvalue weighted by Crippen LogP contribution is 2.25. The lowest BCUT2D eigenvalue weighted by molar-refractivity contribution is 0.0939. The topological polar surface area (TPSA) is 46.9 Å². The zero-order valence-corrected chi connectivity index (χ0v) is 15.9. The third-order valence-electron chi connectivity index (χ3n) is 3.74. The molecule has 0 saturated heterocycles. The predicted molar refractivity (Wildman–Crippen MR) is 96.9 cm³/mol. The molecule has 0 saturated carbocycles. The molecule has 1 heterocycles. The van der Waals surface area contributed by atoms with Gasteiger partial charge in [-0.25, -0.2) is 0 Å². The maximum absolute atomic E-state index is 12.6. The number of benzene rings is 1. The summed E-state index contributed by atoms with van der Waals surface area (Å²) in [4.78, 5) is 12.6. The lowest BCUT2D eigenvalue weighted by Gasteiger charge is -2.15. The van der Waals surface area contributed by atoms with Crippen LogP contribution in [-0.2, 0) is 6.54 Å². The maximum Gasteiger partial charge on any atom is 0.256 e. The molecule has 0 aliphatic rings. The van der Waals surface area contributed by atoms with Crippen LogP contribution in [0.25, 0.3) is 0 Å². The summed E-state index contributed by atoms with van der Waals surface area (Å²) >= 11 is 9.86. The summed E-state index contributed by atoms with van der Waals surface area (Å²) in [6.45, 7) is 6.59. The Kier molecular flexibility index (Phi) is 6.25. The number of aromatic nitrogens is 2. The highest BCUT2D eigenvalue weighted by Gasteiger charge is 2.22. The number of halogens is 2. The van der Waals surface area contributed by atoms with E-state index in [2.05, 4.69) is 33.3 Å². The second kappa shape index (κ2) is 7.97. The van der Waals surface area contributed by atoms with Gasteiger partial charge in [0.25, 0.3) is 5.91 Å². The van der Waals surface area contributed by atoms with Gasteiger partial charge in [-0.15, -0.1) is 0 Å². The number of aryl methyl sites for hydroxylation is 2. The van der Waals surface area contributed by atoms with E-state index in [9.17, 15) is 4.79 Å². The number of unbranched alkanes of at least 4 members (excludes halogenated alkanes) is 1. The van der Waals surface area contributed by atoms with Crippen molar-refractivity contribution in [3.8, 4) is 0 Å². The Balaban J connectivity index is 2.18. The lowest BCUT2D eigenvalue weighted by Crippen LogP contribution is -2.27. The summed E-state index contributed by atoms with van der Waals surface area (Å²) in [5, 5.41) is 7.79. The standard InChI is InChI=1S/C17H21BrClN3O/c1-4-5-10-22-16(19)15(12(3)21-22)17(23)20-11(2)13-8-6-7-9-14(13)18/h6-9,11H,4-5,10H2,1-3H3,(H,20,23)/t11-/m1/s1. The fourth-order valence-corrected chi connectivity index (χ4v) is 3.41. The van der Waals surface area contributed by atoms with Crippen molar-refractivity contribution in [2.24, 2.45) is 0 Å². The average Bonchev–Trinajstić information content (AvgIpc) is 2.79. The maximum atomic E-state index is 12.6. The van der Waals surface area contributed by atoms with Gasteiger partial charge >= 0.3 is 0 Å². The number of carbonyl (C=O) groups excluding carboxylic acids is 1. The van der Waals surface area contributed by atoms with Gasteiger partial charge in [0.1, 0.15) is 5.15 Å². The first-order chi connectivity index (χ1) is 11.0. The van der Waals surface area contributed by atoms with Crippen molar-refractivity contribution in [3.63, 3.8) is 0 Å². The Labute approximate surface area is 150 Å². The van der Waals surface area contributed by atoms with E-state index in [1.54, 1.807) is 4.68 Å². The summed E-state index contributed by atoms with van der Waals surface area (Å²) in [6.07, 6.45) is 2.03. The molecule has 0 unspecified atom stereocenters. The second-order valence-electron chi connectivity index (χ2n) is 5.54. The molecule has 1 atom stereocenters. The van der Waals surface area contributed by atoms with Crippen LogP contribution >= 0.6 is 27.5 Å². The zero-order valence-electron chi connectivity index (χ0n) is 13.6. The minimum absolute atomic E-state index is 0.132. The SMILES string of the molecule is CCCCn1nc(C)c(C(=O)N[C@H](C)c2ccccc2Br)c1Cl. The molecular formula is C17H21BrClN3O. The smallest absolute Gasteiger partial charge is 0.256 e. The second-order valence-corrected chi connectivity index (χ2v) is 6.76. The number of nitrogens with one attached hydrogen (secondary N) is 1. The van der Waals surface area contributed by atoms with Crippen molar-refractivity contribution in [1.82, 2.24) is 15.1 Å². The van der Waals surface area contributed by atoms with Gasteiger partial charge in [0.05, 0.1) is 17.3 Å². The van der Waals surface area contributed by atoms with Crippen LogP contribution in [0.1, 0.15) is 54.3 Å². The molecule has 0 fully saturated rings. The Hall–Kier alpha value is -1.33. The van der Waals surface area contributed by atoms with Crippen LogP contribution in [0.3, 0.4) is 0 Å². The fraction of sp³-hybridized carbons (Fsp3) is 0.412. The first kappa shape index (κ1) is 18.0. The van der Waals surface area contributed by atoms with E-state index in [-0.39, 0.29) is 11.9 Å². The van der Waals surface area contributed by atoms with Crippen molar-refractivity contribution >= 4 is 33.4 Å². The van der Waals surface area contributed by atoms with Gasteiger partial charge in [-0.05, 0) is 31.9 Å². The number of amides is 1. The minimum atomic E-state index is -0.196. The number of carbonyl (C=O) groups is 1. The molecule has 1 N–H and O–H groups in total. The summed E-state index contributed by atoms with van der Waals surface area (Å²) in [5.41, 5.74) is 2.14. The Morgan fingerprint density at radius 3 is 2.78 bits per heavy atom. The first-order valence-corrected chi connectivity index (χ1v) is 8.91. The Bertz CT molecular complexity index is 699. The molecule has 6 heteroatoms.